The average Bonchev–Trinajstić information content (AvgIpc) is 3.11. The van der Waals surface area contributed by atoms with Crippen molar-refractivity contribution < 1.29 is 19.5 Å². The minimum absolute atomic E-state index is 0.168. The molecule has 1 fully saturated rings. The zero-order valence-electron chi connectivity index (χ0n) is 10.3. The van der Waals surface area contributed by atoms with Crippen molar-refractivity contribution in [3.63, 3.8) is 0 Å². The van der Waals surface area contributed by atoms with Gasteiger partial charge < -0.3 is 15.7 Å². The van der Waals surface area contributed by atoms with E-state index in [0.717, 1.165) is 0 Å². The first-order chi connectivity index (χ1) is 8.97. The molecule has 6 heteroatoms. The van der Waals surface area contributed by atoms with E-state index in [1.165, 1.54) is 6.92 Å². The molecule has 3 N–H and O–H groups in total. The number of amides is 2. The number of aliphatic carboxylic acids is 1. The van der Waals surface area contributed by atoms with Gasteiger partial charge in [0, 0.05) is 18.3 Å². The van der Waals surface area contributed by atoms with E-state index in [1.807, 2.05) is 0 Å². The first-order valence-electron chi connectivity index (χ1n) is 5.88. The molecule has 2 amide bonds. The summed E-state index contributed by atoms with van der Waals surface area (Å²) in [4.78, 5) is 33.2. The normalized spacial score (nSPS) is 20.5. The molecule has 0 unspecified atom stereocenters. The zero-order valence-corrected chi connectivity index (χ0v) is 10.3. The summed E-state index contributed by atoms with van der Waals surface area (Å²) in [6.45, 7) is 1.41. The van der Waals surface area contributed by atoms with Crippen LogP contribution in [0.3, 0.4) is 0 Å². The van der Waals surface area contributed by atoms with Crippen LogP contribution in [0.2, 0.25) is 0 Å². The predicted molar refractivity (Wildman–Crippen MR) is 68.6 cm³/mol. The summed E-state index contributed by atoms with van der Waals surface area (Å²) in [5.74, 6) is -2.37. The van der Waals surface area contributed by atoms with Gasteiger partial charge in [-0.25, -0.2) is 0 Å². The highest BCUT2D eigenvalue weighted by Crippen LogP contribution is 2.39. The molecule has 2 atom stereocenters. The number of rotatable bonds is 4. The van der Waals surface area contributed by atoms with E-state index < -0.39 is 17.8 Å². The maximum atomic E-state index is 11.7. The minimum Gasteiger partial charge on any atom is -0.481 e. The van der Waals surface area contributed by atoms with E-state index in [9.17, 15) is 14.4 Å². The molecule has 1 aliphatic carbocycles. The number of hydrogen-bond acceptors (Lipinski definition) is 3. The number of hydrogen-bond donors (Lipinski definition) is 3. The molecule has 0 aliphatic heterocycles. The maximum absolute atomic E-state index is 11.7. The summed E-state index contributed by atoms with van der Waals surface area (Å²) in [7, 11) is 0. The Labute approximate surface area is 109 Å². The van der Waals surface area contributed by atoms with Crippen molar-refractivity contribution in [1.82, 2.24) is 0 Å². The van der Waals surface area contributed by atoms with E-state index in [-0.39, 0.29) is 11.8 Å². The Morgan fingerprint density at radius 1 is 1.05 bits per heavy atom. The van der Waals surface area contributed by atoms with Gasteiger partial charge in [-0.15, -0.1) is 0 Å². The van der Waals surface area contributed by atoms with Crippen molar-refractivity contribution in [2.75, 3.05) is 10.6 Å². The molecule has 100 valence electrons. The van der Waals surface area contributed by atoms with Crippen molar-refractivity contribution in [2.45, 2.75) is 13.3 Å². The van der Waals surface area contributed by atoms with Crippen LogP contribution in [0.5, 0.6) is 0 Å². The summed E-state index contributed by atoms with van der Waals surface area (Å²) < 4.78 is 0. The standard InChI is InChI=1S/C13H14N2O4/c1-7(16)14-8-2-4-9(5-3-8)15-12(17)10-6-11(10)13(18)19/h2-5,10-11H,6H2,1H3,(H,14,16)(H,15,17)(H,18,19)/t10-,11+/m1/s1. The van der Waals surface area contributed by atoms with E-state index in [4.69, 9.17) is 5.11 Å². The average molecular weight is 262 g/mol. The van der Waals surface area contributed by atoms with Crippen LogP contribution in [0, 0.1) is 11.8 Å². The molecule has 0 aromatic heterocycles. The van der Waals surface area contributed by atoms with Crippen LogP contribution in [-0.2, 0) is 14.4 Å². The van der Waals surface area contributed by atoms with Crippen molar-refractivity contribution in [3.05, 3.63) is 24.3 Å². The van der Waals surface area contributed by atoms with Gasteiger partial charge in [0.2, 0.25) is 11.8 Å². The SMILES string of the molecule is CC(=O)Nc1ccc(NC(=O)[C@@H]2C[C@@H]2C(=O)O)cc1. The van der Waals surface area contributed by atoms with Crippen LogP contribution in [-0.4, -0.2) is 22.9 Å². The Hall–Kier alpha value is -2.37. The molecule has 0 bridgehead atoms. The number of carbonyl (C=O) groups is 3. The van der Waals surface area contributed by atoms with Crippen molar-refractivity contribution in [2.24, 2.45) is 11.8 Å². The lowest BCUT2D eigenvalue weighted by atomic mass is 10.2. The molecule has 19 heavy (non-hydrogen) atoms. The quantitative estimate of drug-likeness (QED) is 0.762. The van der Waals surface area contributed by atoms with E-state index >= 15 is 0 Å². The maximum Gasteiger partial charge on any atom is 0.307 e. The number of carbonyl (C=O) groups excluding carboxylic acids is 2. The fraction of sp³-hybridized carbons (Fsp3) is 0.308. The number of benzene rings is 1. The lowest BCUT2D eigenvalue weighted by Crippen LogP contribution is -2.16. The first-order valence-corrected chi connectivity index (χ1v) is 5.88. The van der Waals surface area contributed by atoms with Crippen LogP contribution in [0.15, 0.2) is 24.3 Å². The predicted octanol–water partition coefficient (Wildman–Crippen LogP) is 1.30. The highest BCUT2D eigenvalue weighted by molar-refractivity contribution is 5.98. The number of carboxylic acid groups (broad SMARTS) is 1. The van der Waals surface area contributed by atoms with Crippen molar-refractivity contribution >= 4 is 29.2 Å². The summed E-state index contributed by atoms with van der Waals surface area (Å²) in [6.07, 6.45) is 0.394. The van der Waals surface area contributed by atoms with Gasteiger partial charge in [0.1, 0.15) is 0 Å². The van der Waals surface area contributed by atoms with Crippen molar-refractivity contribution in [1.29, 1.82) is 0 Å². The van der Waals surface area contributed by atoms with Crippen LogP contribution >= 0.6 is 0 Å². The Bertz CT molecular complexity index is 524. The zero-order chi connectivity index (χ0) is 14.0. The molecule has 0 heterocycles. The number of anilines is 2. The third-order valence-corrected chi connectivity index (χ3v) is 2.92. The number of carboxylic acids is 1. The molecule has 1 aromatic rings. The lowest BCUT2D eigenvalue weighted by molar-refractivity contribution is -0.139. The van der Waals surface area contributed by atoms with Gasteiger partial charge in [-0.05, 0) is 30.7 Å². The van der Waals surface area contributed by atoms with E-state index in [0.29, 0.717) is 17.8 Å². The van der Waals surface area contributed by atoms with Crippen molar-refractivity contribution in [3.8, 4) is 0 Å². The first kappa shape index (κ1) is 13.1. The van der Waals surface area contributed by atoms with E-state index in [1.54, 1.807) is 24.3 Å². The van der Waals surface area contributed by atoms with Gasteiger partial charge in [0.15, 0.2) is 0 Å². The van der Waals surface area contributed by atoms with Gasteiger partial charge in [-0.1, -0.05) is 0 Å². The van der Waals surface area contributed by atoms with Gasteiger partial charge in [0.05, 0.1) is 11.8 Å². The summed E-state index contributed by atoms with van der Waals surface area (Å²) in [6, 6.07) is 6.64. The Balaban J connectivity index is 1.91. The summed E-state index contributed by atoms with van der Waals surface area (Å²) in [5, 5.41) is 14.0. The fourth-order valence-corrected chi connectivity index (χ4v) is 1.83. The second kappa shape index (κ2) is 5.09. The monoisotopic (exact) mass is 262 g/mol. The molecular weight excluding hydrogens is 248 g/mol. The van der Waals surface area contributed by atoms with E-state index in [2.05, 4.69) is 10.6 Å². The Morgan fingerprint density at radius 3 is 2.00 bits per heavy atom. The molecule has 1 aliphatic rings. The van der Waals surface area contributed by atoms with Gasteiger partial charge in [-0.3, -0.25) is 14.4 Å². The second-order valence-corrected chi connectivity index (χ2v) is 4.53. The van der Waals surface area contributed by atoms with Crippen LogP contribution in [0.4, 0.5) is 11.4 Å². The minimum atomic E-state index is -0.929. The van der Waals surface area contributed by atoms with Crippen LogP contribution in [0.25, 0.3) is 0 Å². The third-order valence-electron chi connectivity index (χ3n) is 2.92. The highest BCUT2D eigenvalue weighted by Gasteiger charge is 2.48. The topological polar surface area (TPSA) is 95.5 Å². The van der Waals surface area contributed by atoms with Gasteiger partial charge in [-0.2, -0.15) is 0 Å². The summed E-state index contributed by atoms with van der Waals surface area (Å²) >= 11 is 0. The smallest absolute Gasteiger partial charge is 0.307 e. The van der Waals surface area contributed by atoms with Gasteiger partial charge >= 0.3 is 5.97 Å². The molecular formula is C13H14N2O4. The molecule has 1 saturated carbocycles. The summed E-state index contributed by atoms with van der Waals surface area (Å²) in [5.41, 5.74) is 1.22. The largest absolute Gasteiger partial charge is 0.481 e. The lowest BCUT2D eigenvalue weighted by Gasteiger charge is -2.06. The molecule has 0 saturated heterocycles. The molecule has 2 rings (SSSR count). The third kappa shape index (κ3) is 3.31. The second-order valence-electron chi connectivity index (χ2n) is 4.53. The van der Waals surface area contributed by atoms with Crippen LogP contribution in [0.1, 0.15) is 13.3 Å². The Morgan fingerprint density at radius 2 is 1.58 bits per heavy atom. The molecule has 0 spiro atoms. The molecule has 6 nitrogen and oxygen atoms in total. The fourth-order valence-electron chi connectivity index (χ4n) is 1.83. The molecule has 1 aromatic carbocycles. The highest BCUT2D eigenvalue weighted by atomic mass is 16.4. The van der Waals surface area contributed by atoms with Crippen LogP contribution < -0.4 is 10.6 Å². The number of nitrogens with one attached hydrogen (secondary N) is 2. The van der Waals surface area contributed by atoms with Gasteiger partial charge in [0.25, 0.3) is 0 Å². The Kier molecular flexibility index (Phi) is 3.50. The molecule has 0 radical (unpaired) electrons.